The fourth-order valence-electron chi connectivity index (χ4n) is 3.77. The van der Waals surface area contributed by atoms with Crippen molar-refractivity contribution < 1.29 is 0 Å². The van der Waals surface area contributed by atoms with Crippen LogP contribution in [0.1, 0.15) is 37.9 Å². The molecule has 0 radical (unpaired) electrons. The maximum atomic E-state index is 6.07. The molecule has 106 valence electrons. The van der Waals surface area contributed by atoms with Gasteiger partial charge >= 0.3 is 0 Å². The minimum atomic E-state index is 0.775. The molecule has 4 rings (SSSR count). The number of rotatable bonds is 1. The molecule has 0 saturated heterocycles. The third-order valence-electron chi connectivity index (χ3n) is 4.84. The van der Waals surface area contributed by atoms with Crippen LogP contribution in [0.5, 0.6) is 0 Å². The first-order valence-corrected chi connectivity index (χ1v) is 8.08. The van der Waals surface area contributed by atoms with Crippen molar-refractivity contribution in [1.82, 2.24) is 14.5 Å². The second kappa shape index (κ2) is 5.05. The van der Waals surface area contributed by atoms with E-state index in [-0.39, 0.29) is 0 Å². The molecule has 0 atom stereocenters. The predicted molar refractivity (Wildman–Crippen MR) is 82.0 cm³/mol. The quantitative estimate of drug-likeness (QED) is 0.795. The number of halogens is 1. The van der Waals surface area contributed by atoms with Crippen LogP contribution in [0.2, 0.25) is 5.02 Å². The summed E-state index contributed by atoms with van der Waals surface area (Å²) in [6.45, 7) is 3.21. The highest BCUT2D eigenvalue weighted by Crippen LogP contribution is 2.28. The van der Waals surface area contributed by atoms with Crippen LogP contribution in [0.3, 0.4) is 0 Å². The number of fused-ring (bicyclic) bond motifs is 3. The van der Waals surface area contributed by atoms with Gasteiger partial charge in [-0.2, -0.15) is 0 Å². The van der Waals surface area contributed by atoms with Crippen molar-refractivity contribution in [2.45, 2.75) is 51.2 Å². The van der Waals surface area contributed by atoms with Crippen LogP contribution in [0.4, 0.5) is 0 Å². The third kappa shape index (κ3) is 2.13. The Hall–Kier alpha value is -1.06. The van der Waals surface area contributed by atoms with Crippen molar-refractivity contribution in [2.24, 2.45) is 0 Å². The van der Waals surface area contributed by atoms with Crippen molar-refractivity contribution in [3.8, 4) is 0 Å². The molecular formula is C16H20ClN3. The fourth-order valence-corrected chi connectivity index (χ4v) is 3.94. The molecule has 1 aliphatic heterocycles. The predicted octanol–water partition coefficient (Wildman–Crippen LogP) is 3.84. The minimum absolute atomic E-state index is 0.775. The number of hydrogen-bond acceptors (Lipinski definition) is 2. The molecule has 2 aliphatic rings. The molecule has 2 heterocycles. The maximum Gasteiger partial charge on any atom is 0.124 e. The standard InChI is InChI=1S/C16H20ClN3/c17-12-6-7-15-14(10-12)18-16-11-19(8-9-20(15)16)13-4-2-1-3-5-13/h6-7,10,13H,1-5,8-9,11H2. The van der Waals surface area contributed by atoms with Crippen LogP contribution in [-0.2, 0) is 13.1 Å². The molecule has 0 spiro atoms. The Morgan fingerprint density at radius 1 is 1.10 bits per heavy atom. The summed E-state index contributed by atoms with van der Waals surface area (Å²) in [5.74, 6) is 1.21. The SMILES string of the molecule is Clc1ccc2c(c1)nc1n2CCN(C2CCCCC2)C1. The molecular weight excluding hydrogens is 270 g/mol. The summed E-state index contributed by atoms with van der Waals surface area (Å²) < 4.78 is 2.37. The Labute approximate surface area is 124 Å². The van der Waals surface area contributed by atoms with Gasteiger partial charge in [-0.25, -0.2) is 4.98 Å². The van der Waals surface area contributed by atoms with Crippen molar-refractivity contribution in [3.05, 3.63) is 29.0 Å². The molecule has 2 aromatic rings. The lowest BCUT2D eigenvalue weighted by molar-refractivity contribution is 0.122. The first-order chi connectivity index (χ1) is 9.81. The molecule has 1 aromatic heterocycles. The molecule has 0 unspecified atom stereocenters. The van der Waals surface area contributed by atoms with Crippen molar-refractivity contribution >= 4 is 22.6 Å². The molecule has 3 nitrogen and oxygen atoms in total. The average molecular weight is 290 g/mol. The molecule has 1 aliphatic carbocycles. The van der Waals surface area contributed by atoms with E-state index < -0.39 is 0 Å². The highest BCUT2D eigenvalue weighted by Gasteiger charge is 2.26. The minimum Gasteiger partial charge on any atom is -0.326 e. The largest absolute Gasteiger partial charge is 0.326 e. The first kappa shape index (κ1) is 12.7. The number of hydrogen-bond donors (Lipinski definition) is 0. The van der Waals surface area contributed by atoms with E-state index in [0.29, 0.717) is 0 Å². The molecule has 0 N–H and O–H groups in total. The van der Waals surface area contributed by atoms with Crippen LogP contribution in [-0.4, -0.2) is 27.0 Å². The van der Waals surface area contributed by atoms with E-state index in [1.807, 2.05) is 12.1 Å². The maximum absolute atomic E-state index is 6.07. The van der Waals surface area contributed by atoms with Crippen LogP contribution in [0.25, 0.3) is 11.0 Å². The molecule has 20 heavy (non-hydrogen) atoms. The van der Waals surface area contributed by atoms with E-state index in [1.165, 1.54) is 43.4 Å². The van der Waals surface area contributed by atoms with Gasteiger partial charge in [0, 0.05) is 24.2 Å². The Balaban J connectivity index is 1.63. The van der Waals surface area contributed by atoms with Crippen molar-refractivity contribution in [2.75, 3.05) is 6.54 Å². The topological polar surface area (TPSA) is 21.1 Å². The second-order valence-corrected chi connectivity index (χ2v) is 6.51. The summed E-state index contributed by atoms with van der Waals surface area (Å²) in [6.07, 6.45) is 6.94. The van der Waals surface area contributed by atoms with Gasteiger partial charge in [0.2, 0.25) is 0 Å². The normalized spacial score (nSPS) is 21.2. The van der Waals surface area contributed by atoms with Gasteiger partial charge in [-0.05, 0) is 31.0 Å². The molecule has 0 bridgehead atoms. The highest BCUT2D eigenvalue weighted by atomic mass is 35.5. The lowest BCUT2D eigenvalue weighted by Crippen LogP contribution is -2.42. The average Bonchev–Trinajstić information content (AvgIpc) is 2.84. The number of nitrogens with zero attached hydrogens (tertiary/aromatic N) is 3. The zero-order valence-corrected chi connectivity index (χ0v) is 12.4. The van der Waals surface area contributed by atoms with Gasteiger partial charge < -0.3 is 4.57 Å². The van der Waals surface area contributed by atoms with Gasteiger partial charge in [0.05, 0.1) is 17.6 Å². The van der Waals surface area contributed by atoms with Gasteiger partial charge in [-0.3, -0.25) is 4.90 Å². The Morgan fingerprint density at radius 3 is 2.80 bits per heavy atom. The van der Waals surface area contributed by atoms with Gasteiger partial charge in [0.25, 0.3) is 0 Å². The van der Waals surface area contributed by atoms with Crippen molar-refractivity contribution in [3.63, 3.8) is 0 Å². The summed E-state index contributed by atoms with van der Waals surface area (Å²) >= 11 is 6.07. The van der Waals surface area contributed by atoms with E-state index in [2.05, 4.69) is 15.5 Å². The van der Waals surface area contributed by atoms with E-state index in [1.54, 1.807) is 0 Å². The van der Waals surface area contributed by atoms with Gasteiger partial charge in [-0.15, -0.1) is 0 Å². The Morgan fingerprint density at radius 2 is 1.95 bits per heavy atom. The molecule has 1 aromatic carbocycles. The summed E-state index contributed by atoms with van der Waals surface area (Å²) in [5.41, 5.74) is 2.27. The van der Waals surface area contributed by atoms with E-state index in [0.717, 1.165) is 36.2 Å². The number of benzene rings is 1. The van der Waals surface area contributed by atoms with Crippen LogP contribution >= 0.6 is 11.6 Å². The molecule has 1 saturated carbocycles. The molecule has 1 fully saturated rings. The van der Waals surface area contributed by atoms with Gasteiger partial charge in [0.15, 0.2) is 0 Å². The fraction of sp³-hybridized carbons (Fsp3) is 0.562. The number of imidazole rings is 1. The third-order valence-corrected chi connectivity index (χ3v) is 5.07. The van der Waals surface area contributed by atoms with E-state index in [9.17, 15) is 0 Å². The van der Waals surface area contributed by atoms with E-state index >= 15 is 0 Å². The van der Waals surface area contributed by atoms with Crippen LogP contribution < -0.4 is 0 Å². The smallest absolute Gasteiger partial charge is 0.124 e. The summed E-state index contributed by atoms with van der Waals surface area (Å²) in [7, 11) is 0. The van der Waals surface area contributed by atoms with Gasteiger partial charge in [0.1, 0.15) is 5.82 Å². The first-order valence-electron chi connectivity index (χ1n) is 7.70. The van der Waals surface area contributed by atoms with Crippen LogP contribution in [0.15, 0.2) is 18.2 Å². The summed E-state index contributed by atoms with van der Waals surface area (Å²) in [6, 6.07) is 6.82. The zero-order chi connectivity index (χ0) is 13.5. The molecule has 4 heteroatoms. The lowest BCUT2D eigenvalue weighted by Gasteiger charge is -2.36. The Kier molecular flexibility index (Phi) is 3.20. The summed E-state index contributed by atoms with van der Waals surface area (Å²) in [5, 5.41) is 0.775. The van der Waals surface area contributed by atoms with Gasteiger partial charge in [-0.1, -0.05) is 30.9 Å². The number of aromatic nitrogens is 2. The molecule has 0 amide bonds. The van der Waals surface area contributed by atoms with Crippen LogP contribution in [0, 0.1) is 0 Å². The summed E-state index contributed by atoms with van der Waals surface area (Å²) in [4.78, 5) is 7.44. The second-order valence-electron chi connectivity index (χ2n) is 6.08. The highest BCUT2D eigenvalue weighted by molar-refractivity contribution is 6.31. The monoisotopic (exact) mass is 289 g/mol. The van der Waals surface area contributed by atoms with Crippen molar-refractivity contribution in [1.29, 1.82) is 0 Å². The Bertz CT molecular complexity index is 628. The zero-order valence-electron chi connectivity index (χ0n) is 11.7. The lowest BCUT2D eigenvalue weighted by atomic mass is 9.94. The van der Waals surface area contributed by atoms with E-state index in [4.69, 9.17) is 16.6 Å².